The fourth-order valence-corrected chi connectivity index (χ4v) is 5.34. The van der Waals surface area contributed by atoms with Crippen molar-refractivity contribution in [2.24, 2.45) is 11.7 Å². The molecule has 34 heavy (non-hydrogen) atoms. The highest BCUT2D eigenvalue weighted by Gasteiger charge is 2.42. The number of carbonyl (C=O) groups excluding carboxylic acids is 1. The normalized spacial score (nSPS) is 24.9. The third-order valence-electron chi connectivity index (χ3n) is 7.62. The van der Waals surface area contributed by atoms with Crippen LogP contribution in [0, 0.1) is 11.7 Å². The molecule has 2 heterocycles. The second-order valence-electron chi connectivity index (χ2n) is 9.63. The summed E-state index contributed by atoms with van der Waals surface area (Å²) in [6, 6.07) is 5.82. The topological polar surface area (TPSA) is 112 Å². The van der Waals surface area contributed by atoms with Crippen LogP contribution >= 0.6 is 0 Å². The minimum Gasteiger partial charge on any atom is -0.394 e. The molecule has 2 fully saturated rings. The van der Waals surface area contributed by atoms with Gasteiger partial charge in [0.2, 0.25) is 11.9 Å². The van der Waals surface area contributed by atoms with Gasteiger partial charge in [0, 0.05) is 37.3 Å². The van der Waals surface area contributed by atoms with Gasteiger partial charge in [-0.3, -0.25) is 9.69 Å². The van der Waals surface area contributed by atoms with Gasteiger partial charge in [-0.15, -0.1) is 5.10 Å². The van der Waals surface area contributed by atoms with E-state index in [-0.39, 0.29) is 35.8 Å². The standard InChI is InChI=1S/C24H34FN7O2/c1-30(2)24(16-33)9-7-18(8-10-24)21(22(26)34)31-11-13-32(14-12-31)23-28-20(15-27-29-23)17-3-5-19(25)6-4-17/h3-6,15,18,21,33H,7-14,16H2,1-2H3,(H2,26,34). The first-order valence-electron chi connectivity index (χ1n) is 11.9. The lowest BCUT2D eigenvalue weighted by Gasteiger charge is -2.47. The number of carbonyl (C=O) groups is 1. The number of halogens is 1. The molecule has 10 heteroatoms. The number of nitrogens with zero attached hydrogens (tertiary/aromatic N) is 6. The molecule has 2 aromatic rings. The molecule has 1 unspecified atom stereocenters. The maximum atomic E-state index is 13.2. The van der Waals surface area contributed by atoms with Crippen molar-refractivity contribution < 1.29 is 14.3 Å². The zero-order valence-electron chi connectivity index (χ0n) is 19.9. The summed E-state index contributed by atoms with van der Waals surface area (Å²) in [6.07, 6.45) is 4.99. The van der Waals surface area contributed by atoms with Gasteiger partial charge in [0.15, 0.2) is 0 Å². The van der Waals surface area contributed by atoms with Crippen molar-refractivity contribution in [3.05, 3.63) is 36.3 Å². The van der Waals surface area contributed by atoms with E-state index in [1.165, 1.54) is 12.1 Å². The Morgan fingerprint density at radius 1 is 1.21 bits per heavy atom. The zero-order valence-corrected chi connectivity index (χ0v) is 19.9. The number of hydrogen-bond donors (Lipinski definition) is 2. The molecule has 4 rings (SSSR count). The molecule has 184 valence electrons. The maximum absolute atomic E-state index is 13.2. The number of amides is 1. The van der Waals surface area contributed by atoms with Crippen LogP contribution in [0.2, 0.25) is 0 Å². The van der Waals surface area contributed by atoms with Crippen molar-refractivity contribution in [1.82, 2.24) is 25.0 Å². The number of hydrogen-bond acceptors (Lipinski definition) is 8. The second kappa shape index (κ2) is 10.3. The predicted octanol–water partition coefficient (Wildman–Crippen LogP) is 1.14. The molecule has 1 aromatic heterocycles. The molecule has 1 aliphatic heterocycles. The fraction of sp³-hybridized carbons (Fsp3) is 0.583. The van der Waals surface area contributed by atoms with Gasteiger partial charge >= 0.3 is 0 Å². The first-order chi connectivity index (χ1) is 16.3. The number of rotatable bonds is 7. The Kier molecular flexibility index (Phi) is 7.39. The van der Waals surface area contributed by atoms with E-state index in [2.05, 4.69) is 29.9 Å². The van der Waals surface area contributed by atoms with Crippen LogP contribution < -0.4 is 10.6 Å². The highest BCUT2D eigenvalue weighted by molar-refractivity contribution is 5.80. The number of aliphatic hydroxyl groups excluding tert-OH is 1. The molecule has 9 nitrogen and oxygen atoms in total. The maximum Gasteiger partial charge on any atom is 0.245 e. The number of aromatic nitrogens is 3. The van der Waals surface area contributed by atoms with Gasteiger partial charge in [-0.25, -0.2) is 9.37 Å². The van der Waals surface area contributed by atoms with Crippen LogP contribution in [0.25, 0.3) is 11.3 Å². The summed E-state index contributed by atoms with van der Waals surface area (Å²) in [5.74, 6) is 0.126. The number of nitrogens with two attached hydrogens (primary N) is 1. The van der Waals surface area contributed by atoms with E-state index in [9.17, 15) is 14.3 Å². The summed E-state index contributed by atoms with van der Waals surface area (Å²) in [4.78, 5) is 23.5. The van der Waals surface area contributed by atoms with Crippen LogP contribution in [-0.2, 0) is 4.79 Å². The van der Waals surface area contributed by atoms with Crippen molar-refractivity contribution >= 4 is 11.9 Å². The van der Waals surface area contributed by atoms with Gasteiger partial charge in [-0.1, -0.05) is 0 Å². The van der Waals surface area contributed by atoms with Crippen LogP contribution in [0.4, 0.5) is 10.3 Å². The molecule has 0 bridgehead atoms. The van der Waals surface area contributed by atoms with E-state index in [0.29, 0.717) is 37.8 Å². The first-order valence-corrected chi connectivity index (χ1v) is 11.9. The zero-order chi connectivity index (χ0) is 24.3. The van der Waals surface area contributed by atoms with Crippen LogP contribution in [0.3, 0.4) is 0 Å². The Balaban J connectivity index is 1.40. The van der Waals surface area contributed by atoms with E-state index in [1.54, 1.807) is 18.3 Å². The number of piperazine rings is 1. The van der Waals surface area contributed by atoms with Gasteiger partial charge in [0.25, 0.3) is 0 Å². The number of anilines is 1. The van der Waals surface area contributed by atoms with Gasteiger partial charge in [0.05, 0.1) is 24.5 Å². The molecule has 1 amide bonds. The number of benzene rings is 1. The highest BCUT2D eigenvalue weighted by atomic mass is 19.1. The molecule has 0 radical (unpaired) electrons. The molecule has 1 aliphatic carbocycles. The van der Waals surface area contributed by atoms with Gasteiger partial charge in [0.1, 0.15) is 5.82 Å². The van der Waals surface area contributed by atoms with Crippen LogP contribution in [0.5, 0.6) is 0 Å². The molecular weight excluding hydrogens is 437 g/mol. The summed E-state index contributed by atoms with van der Waals surface area (Å²) in [7, 11) is 4.01. The first kappa shape index (κ1) is 24.4. The van der Waals surface area contributed by atoms with E-state index >= 15 is 0 Å². The van der Waals surface area contributed by atoms with Crippen LogP contribution in [0.15, 0.2) is 30.5 Å². The predicted molar refractivity (Wildman–Crippen MR) is 127 cm³/mol. The van der Waals surface area contributed by atoms with Crippen molar-refractivity contribution in [3.8, 4) is 11.3 Å². The average Bonchev–Trinajstić information content (AvgIpc) is 2.85. The minimum absolute atomic E-state index is 0.123. The quantitative estimate of drug-likeness (QED) is 0.618. The molecule has 1 saturated carbocycles. The van der Waals surface area contributed by atoms with E-state index in [4.69, 9.17) is 5.73 Å². The largest absolute Gasteiger partial charge is 0.394 e. The second-order valence-corrected chi connectivity index (χ2v) is 9.63. The summed E-state index contributed by atoms with van der Waals surface area (Å²) in [5, 5.41) is 18.2. The molecular formula is C24H34FN7O2. The Labute approximate surface area is 199 Å². The van der Waals surface area contributed by atoms with Gasteiger partial charge in [-0.05, 0) is 70.0 Å². The Bertz CT molecular complexity index is 972. The smallest absolute Gasteiger partial charge is 0.245 e. The van der Waals surface area contributed by atoms with Crippen molar-refractivity contribution in [1.29, 1.82) is 0 Å². The highest BCUT2D eigenvalue weighted by Crippen LogP contribution is 2.38. The van der Waals surface area contributed by atoms with Crippen molar-refractivity contribution in [2.45, 2.75) is 37.3 Å². The SMILES string of the molecule is CN(C)C1(CO)CCC(C(C(N)=O)N2CCN(c3nncc(-c4ccc(F)cc4)n3)CC2)CC1. The van der Waals surface area contributed by atoms with Gasteiger partial charge in [-0.2, -0.15) is 5.10 Å². The van der Waals surface area contributed by atoms with Crippen LogP contribution in [0.1, 0.15) is 25.7 Å². The monoisotopic (exact) mass is 471 g/mol. The number of primary amides is 1. The number of aliphatic hydroxyl groups is 1. The van der Waals surface area contributed by atoms with Gasteiger partial charge < -0.3 is 20.6 Å². The lowest BCUT2D eigenvalue weighted by Crippen LogP contribution is -2.59. The fourth-order valence-electron chi connectivity index (χ4n) is 5.34. The van der Waals surface area contributed by atoms with E-state index in [1.807, 2.05) is 14.1 Å². The molecule has 1 aromatic carbocycles. The summed E-state index contributed by atoms with van der Waals surface area (Å²) in [5.41, 5.74) is 7.09. The minimum atomic E-state index is -0.314. The molecule has 3 N–H and O–H groups in total. The lowest BCUT2D eigenvalue weighted by molar-refractivity contribution is -0.126. The van der Waals surface area contributed by atoms with E-state index < -0.39 is 0 Å². The Hall–Kier alpha value is -2.69. The average molecular weight is 472 g/mol. The van der Waals surface area contributed by atoms with Crippen molar-refractivity contribution in [2.75, 3.05) is 51.8 Å². The Morgan fingerprint density at radius 3 is 2.41 bits per heavy atom. The molecule has 1 saturated heterocycles. The summed E-state index contributed by atoms with van der Waals surface area (Å²) in [6.45, 7) is 2.78. The van der Waals surface area contributed by atoms with Crippen LogP contribution in [-0.4, -0.2) is 94.5 Å². The lowest BCUT2D eigenvalue weighted by atomic mass is 9.73. The number of likely N-dealkylation sites (N-methyl/N-ethyl adjacent to an activating group) is 1. The van der Waals surface area contributed by atoms with Crippen molar-refractivity contribution in [3.63, 3.8) is 0 Å². The Morgan fingerprint density at radius 2 is 1.85 bits per heavy atom. The molecule has 1 atom stereocenters. The van der Waals surface area contributed by atoms with E-state index in [0.717, 1.165) is 31.2 Å². The summed E-state index contributed by atoms with van der Waals surface area (Å²) < 4.78 is 13.2. The molecule has 2 aliphatic rings. The summed E-state index contributed by atoms with van der Waals surface area (Å²) >= 11 is 0. The third-order valence-corrected chi connectivity index (χ3v) is 7.62. The third kappa shape index (κ3) is 5.03. The molecule has 0 spiro atoms.